The van der Waals surface area contributed by atoms with Gasteiger partial charge in [-0.3, -0.25) is 4.99 Å². The zero-order chi connectivity index (χ0) is 12.9. The van der Waals surface area contributed by atoms with Gasteiger partial charge in [0.25, 0.3) is 0 Å². The van der Waals surface area contributed by atoms with Gasteiger partial charge in [0, 0.05) is 6.54 Å². The molecule has 0 rings (SSSR count). The molecular formula is C11H21N3O2. The number of carboxylic acids is 1. The van der Waals surface area contributed by atoms with Gasteiger partial charge < -0.3 is 16.6 Å². The Bertz CT molecular complexity index is 326. The third-order valence-corrected chi connectivity index (χ3v) is 2.71. The van der Waals surface area contributed by atoms with E-state index in [9.17, 15) is 4.79 Å². The largest absolute Gasteiger partial charge is 0.480 e. The number of nitrogens with zero attached hydrogens (tertiary/aromatic N) is 1. The fourth-order valence-electron chi connectivity index (χ4n) is 1.19. The van der Waals surface area contributed by atoms with Crippen LogP contribution >= 0.6 is 0 Å². The first-order valence-electron chi connectivity index (χ1n) is 5.15. The monoisotopic (exact) mass is 227 g/mol. The molecule has 0 radical (unpaired) electrons. The van der Waals surface area contributed by atoms with Crippen molar-refractivity contribution in [2.45, 2.75) is 39.7 Å². The molecule has 0 saturated heterocycles. The number of amidine groups is 1. The lowest BCUT2D eigenvalue weighted by molar-refractivity contribution is -0.141. The van der Waals surface area contributed by atoms with Crippen LogP contribution in [0.3, 0.4) is 0 Å². The Hall–Kier alpha value is -1.36. The SMILES string of the molecule is CC(N)=NCC/C(C)=C(/C)C(C)(N)C(=O)O. The molecule has 0 aliphatic heterocycles. The van der Waals surface area contributed by atoms with Crippen molar-refractivity contribution in [2.75, 3.05) is 6.54 Å². The van der Waals surface area contributed by atoms with Crippen molar-refractivity contribution in [2.24, 2.45) is 16.5 Å². The molecule has 5 N–H and O–H groups in total. The Morgan fingerprint density at radius 2 is 1.88 bits per heavy atom. The summed E-state index contributed by atoms with van der Waals surface area (Å²) < 4.78 is 0. The van der Waals surface area contributed by atoms with Crippen molar-refractivity contribution in [3.05, 3.63) is 11.1 Å². The van der Waals surface area contributed by atoms with Crippen LogP contribution in [0.2, 0.25) is 0 Å². The predicted octanol–water partition coefficient (Wildman–Crippen LogP) is 0.892. The Kier molecular flexibility index (Phi) is 5.17. The van der Waals surface area contributed by atoms with Crippen LogP contribution in [0.4, 0.5) is 0 Å². The first kappa shape index (κ1) is 14.6. The van der Waals surface area contributed by atoms with Crippen LogP contribution < -0.4 is 11.5 Å². The summed E-state index contributed by atoms with van der Waals surface area (Å²) in [4.78, 5) is 15.0. The molecule has 0 bridgehead atoms. The lowest BCUT2D eigenvalue weighted by atomic mass is 9.89. The molecule has 0 aliphatic carbocycles. The summed E-state index contributed by atoms with van der Waals surface area (Å²) in [5.41, 5.74) is 11.4. The molecule has 0 fully saturated rings. The van der Waals surface area contributed by atoms with Crippen LogP contribution in [0.1, 0.15) is 34.1 Å². The fourth-order valence-corrected chi connectivity index (χ4v) is 1.19. The van der Waals surface area contributed by atoms with Crippen molar-refractivity contribution >= 4 is 11.8 Å². The Balaban J connectivity index is 4.71. The van der Waals surface area contributed by atoms with Gasteiger partial charge in [-0.05, 0) is 39.7 Å². The number of hydrogen-bond acceptors (Lipinski definition) is 3. The lowest BCUT2D eigenvalue weighted by Crippen LogP contribution is -2.46. The number of carbonyl (C=O) groups is 1. The highest BCUT2D eigenvalue weighted by molar-refractivity contribution is 5.82. The number of rotatable bonds is 5. The Morgan fingerprint density at radius 3 is 2.25 bits per heavy atom. The molecule has 0 saturated carbocycles. The Morgan fingerprint density at radius 1 is 1.38 bits per heavy atom. The quantitative estimate of drug-likeness (QED) is 0.369. The van der Waals surface area contributed by atoms with E-state index in [1.54, 1.807) is 13.8 Å². The van der Waals surface area contributed by atoms with Crippen LogP contribution in [0, 0.1) is 0 Å². The normalized spacial score (nSPS) is 17.7. The van der Waals surface area contributed by atoms with Crippen molar-refractivity contribution in [3.8, 4) is 0 Å². The highest BCUT2D eigenvalue weighted by Crippen LogP contribution is 2.19. The van der Waals surface area contributed by atoms with E-state index >= 15 is 0 Å². The number of aliphatic carboxylic acids is 1. The van der Waals surface area contributed by atoms with E-state index in [2.05, 4.69) is 4.99 Å². The summed E-state index contributed by atoms with van der Waals surface area (Å²) >= 11 is 0. The maximum absolute atomic E-state index is 10.9. The number of hydrogen-bond donors (Lipinski definition) is 3. The second-order valence-corrected chi connectivity index (χ2v) is 4.19. The molecule has 0 aromatic heterocycles. The van der Waals surface area contributed by atoms with Crippen molar-refractivity contribution in [1.29, 1.82) is 0 Å². The van der Waals surface area contributed by atoms with Crippen molar-refractivity contribution < 1.29 is 9.90 Å². The highest BCUT2D eigenvalue weighted by Gasteiger charge is 2.30. The van der Waals surface area contributed by atoms with Gasteiger partial charge in [0.15, 0.2) is 0 Å². The molecule has 0 heterocycles. The molecule has 0 amide bonds. The molecule has 16 heavy (non-hydrogen) atoms. The Labute approximate surface area is 96.2 Å². The van der Waals surface area contributed by atoms with E-state index in [4.69, 9.17) is 16.6 Å². The number of aliphatic imine (C=N–C) groups is 1. The summed E-state index contributed by atoms with van der Waals surface area (Å²) in [6.07, 6.45) is 0.667. The lowest BCUT2D eigenvalue weighted by Gasteiger charge is -2.22. The summed E-state index contributed by atoms with van der Waals surface area (Å²) in [5, 5.41) is 8.97. The molecule has 1 atom stereocenters. The van der Waals surface area contributed by atoms with Crippen LogP contribution in [-0.2, 0) is 4.79 Å². The van der Waals surface area contributed by atoms with Crippen molar-refractivity contribution in [1.82, 2.24) is 0 Å². The molecule has 0 aromatic carbocycles. The maximum Gasteiger partial charge on any atom is 0.327 e. The number of nitrogens with two attached hydrogens (primary N) is 2. The predicted molar refractivity (Wildman–Crippen MR) is 65.4 cm³/mol. The molecule has 5 nitrogen and oxygen atoms in total. The smallest absolute Gasteiger partial charge is 0.327 e. The topological polar surface area (TPSA) is 102 Å². The van der Waals surface area contributed by atoms with E-state index in [0.29, 0.717) is 24.4 Å². The first-order chi connectivity index (χ1) is 7.19. The van der Waals surface area contributed by atoms with Gasteiger partial charge in [0.05, 0.1) is 5.84 Å². The van der Waals surface area contributed by atoms with Crippen LogP contribution in [0.25, 0.3) is 0 Å². The molecule has 92 valence electrons. The summed E-state index contributed by atoms with van der Waals surface area (Å²) in [6, 6.07) is 0. The second-order valence-electron chi connectivity index (χ2n) is 4.19. The molecule has 1 unspecified atom stereocenters. The van der Waals surface area contributed by atoms with E-state index in [1.807, 2.05) is 6.92 Å². The molecule has 0 aliphatic rings. The third-order valence-electron chi connectivity index (χ3n) is 2.71. The van der Waals surface area contributed by atoms with Crippen molar-refractivity contribution in [3.63, 3.8) is 0 Å². The van der Waals surface area contributed by atoms with Crippen LogP contribution in [0.5, 0.6) is 0 Å². The van der Waals surface area contributed by atoms with Gasteiger partial charge in [0.2, 0.25) is 0 Å². The van der Waals surface area contributed by atoms with E-state index in [0.717, 1.165) is 5.57 Å². The van der Waals surface area contributed by atoms with E-state index in [-0.39, 0.29) is 0 Å². The molecular weight excluding hydrogens is 206 g/mol. The van der Waals surface area contributed by atoms with Gasteiger partial charge in [-0.15, -0.1) is 0 Å². The van der Waals surface area contributed by atoms with E-state index in [1.165, 1.54) is 6.92 Å². The van der Waals surface area contributed by atoms with Gasteiger partial charge in [-0.1, -0.05) is 5.57 Å². The minimum atomic E-state index is -1.31. The average molecular weight is 227 g/mol. The van der Waals surface area contributed by atoms with Gasteiger partial charge in [0.1, 0.15) is 5.54 Å². The summed E-state index contributed by atoms with van der Waals surface area (Å²) in [6.45, 7) is 7.37. The average Bonchev–Trinajstić information content (AvgIpc) is 2.15. The molecule has 5 heteroatoms. The standard InChI is InChI=1S/C11H21N3O2/c1-7(5-6-14-9(3)12)8(2)11(4,13)10(15)16/h5-6,13H2,1-4H3,(H2,12,14)(H,15,16)/b8-7-. The minimum Gasteiger partial charge on any atom is -0.480 e. The number of carboxylic acid groups (broad SMARTS) is 1. The minimum absolute atomic E-state index is 0.527. The van der Waals surface area contributed by atoms with Gasteiger partial charge in [-0.2, -0.15) is 0 Å². The zero-order valence-corrected chi connectivity index (χ0v) is 10.4. The molecule has 0 aromatic rings. The first-order valence-corrected chi connectivity index (χ1v) is 5.15. The zero-order valence-electron chi connectivity index (χ0n) is 10.4. The van der Waals surface area contributed by atoms with E-state index < -0.39 is 11.5 Å². The molecule has 0 spiro atoms. The summed E-state index contributed by atoms with van der Waals surface area (Å²) in [7, 11) is 0. The van der Waals surface area contributed by atoms with Gasteiger partial charge in [-0.25, -0.2) is 4.79 Å². The third kappa shape index (κ3) is 4.02. The second kappa shape index (κ2) is 5.65. The maximum atomic E-state index is 10.9. The highest BCUT2D eigenvalue weighted by atomic mass is 16.4. The van der Waals surface area contributed by atoms with Gasteiger partial charge >= 0.3 is 5.97 Å². The van der Waals surface area contributed by atoms with Crippen LogP contribution in [0.15, 0.2) is 16.1 Å². The summed E-state index contributed by atoms with van der Waals surface area (Å²) in [5.74, 6) is -0.498. The fraction of sp³-hybridized carbons (Fsp3) is 0.636. The van der Waals surface area contributed by atoms with Crippen LogP contribution in [-0.4, -0.2) is 29.0 Å².